The van der Waals surface area contributed by atoms with Crippen molar-refractivity contribution in [1.82, 2.24) is 0 Å². The molecule has 0 unspecified atom stereocenters. The summed E-state index contributed by atoms with van der Waals surface area (Å²) in [6, 6.07) is 0. The van der Waals surface area contributed by atoms with E-state index in [9.17, 15) is 4.79 Å². The number of carbonyl (C=O) groups is 1. The summed E-state index contributed by atoms with van der Waals surface area (Å²) in [6.45, 7) is 9.72. The highest BCUT2D eigenvalue weighted by molar-refractivity contribution is 5.68. The lowest BCUT2D eigenvalue weighted by atomic mass is 9.45. The minimum absolute atomic E-state index is 0.0784. The van der Waals surface area contributed by atoms with Crippen LogP contribution in [0.4, 0.5) is 0 Å². The summed E-state index contributed by atoms with van der Waals surface area (Å²) >= 11 is 0. The van der Waals surface area contributed by atoms with Gasteiger partial charge in [-0.3, -0.25) is 0 Å². The van der Waals surface area contributed by atoms with Gasteiger partial charge < -0.3 is 14.3 Å². The van der Waals surface area contributed by atoms with Crippen LogP contribution in [0.15, 0.2) is 12.2 Å². The standard InChI is InChI=1S/C14H20O3/c1-10-11-4-5-12(2,13(10,3)9-15)8-14(11)16-6-7-17-14/h9,11H,1,4-8H2,2-3H3/t11-,12-,13-/m0/s1. The normalized spacial score (nSPS) is 47.6. The van der Waals surface area contributed by atoms with Gasteiger partial charge in [-0.05, 0) is 25.2 Å². The van der Waals surface area contributed by atoms with E-state index in [-0.39, 0.29) is 11.3 Å². The SMILES string of the molecule is C=C1[C@@H]2CC[C@@](C)(CC23OCCO3)[C@@]1(C)C=O. The van der Waals surface area contributed by atoms with Crippen LogP contribution in [0, 0.1) is 16.7 Å². The third-order valence-corrected chi connectivity index (χ3v) is 5.51. The predicted octanol–water partition coefficient (Wildman–Crippen LogP) is 2.31. The van der Waals surface area contributed by atoms with Crippen LogP contribution in [0.1, 0.15) is 33.1 Å². The number of aldehydes is 1. The third-order valence-electron chi connectivity index (χ3n) is 5.51. The van der Waals surface area contributed by atoms with Gasteiger partial charge >= 0.3 is 0 Å². The predicted molar refractivity (Wildman–Crippen MR) is 63.4 cm³/mol. The van der Waals surface area contributed by atoms with Crippen LogP contribution in [0.25, 0.3) is 0 Å². The fraction of sp³-hybridized carbons (Fsp3) is 0.786. The van der Waals surface area contributed by atoms with E-state index in [0.29, 0.717) is 13.2 Å². The molecule has 4 rings (SSSR count). The van der Waals surface area contributed by atoms with Gasteiger partial charge in [0.25, 0.3) is 0 Å². The molecule has 3 saturated carbocycles. The van der Waals surface area contributed by atoms with Crippen molar-refractivity contribution in [2.75, 3.05) is 13.2 Å². The summed E-state index contributed by atoms with van der Waals surface area (Å²) in [7, 11) is 0. The van der Waals surface area contributed by atoms with Crippen molar-refractivity contribution in [2.24, 2.45) is 16.7 Å². The van der Waals surface area contributed by atoms with Crippen LogP contribution in [0.2, 0.25) is 0 Å². The molecule has 0 aromatic carbocycles. The van der Waals surface area contributed by atoms with Gasteiger partial charge in [0.2, 0.25) is 0 Å². The largest absolute Gasteiger partial charge is 0.347 e. The van der Waals surface area contributed by atoms with Crippen LogP contribution >= 0.6 is 0 Å². The Morgan fingerprint density at radius 3 is 2.53 bits per heavy atom. The zero-order valence-electron chi connectivity index (χ0n) is 10.6. The minimum atomic E-state index is -0.480. The zero-order valence-corrected chi connectivity index (χ0v) is 10.6. The van der Waals surface area contributed by atoms with Crippen LogP contribution in [0.3, 0.4) is 0 Å². The Morgan fingerprint density at radius 2 is 2.00 bits per heavy atom. The number of rotatable bonds is 1. The molecule has 3 heteroatoms. The lowest BCUT2D eigenvalue weighted by Crippen LogP contribution is -2.61. The molecular formula is C14H20O3. The highest BCUT2D eigenvalue weighted by Gasteiger charge is 2.66. The lowest BCUT2D eigenvalue weighted by molar-refractivity contribution is -0.257. The van der Waals surface area contributed by atoms with Crippen molar-refractivity contribution in [3.8, 4) is 0 Å². The van der Waals surface area contributed by atoms with E-state index in [0.717, 1.165) is 31.1 Å². The van der Waals surface area contributed by atoms with Crippen LogP contribution < -0.4 is 0 Å². The molecule has 4 aliphatic rings. The maximum Gasteiger partial charge on any atom is 0.175 e. The highest BCUT2D eigenvalue weighted by Crippen LogP contribution is 2.66. The number of hydrogen-bond acceptors (Lipinski definition) is 3. The van der Waals surface area contributed by atoms with Crippen molar-refractivity contribution >= 4 is 6.29 Å². The number of carbonyl (C=O) groups excluding carboxylic acids is 1. The van der Waals surface area contributed by atoms with Gasteiger partial charge in [0.1, 0.15) is 6.29 Å². The highest BCUT2D eigenvalue weighted by atomic mass is 16.7. The Labute approximate surface area is 102 Å². The molecule has 0 amide bonds. The quantitative estimate of drug-likeness (QED) is 0.517. The molecule has 4 fully saturated rings. The Balaban J connectivity index is 2.07. The average Bonchev–Trinajstić information content (AvgIpc) is 2.74. The van der Waals surface area contributed by atoms with Gasteiger partial charge in [0.15, 0.2) is 5.79 Å². The topological polar surface area (TPSA) is 35.5 Å². The molecule has 0 N–H and O–H groups in total. The first-order valence-electron chi connectivity index (χ1n) is 6.41. The summed E-state index contributed by atoms with van der Waals surface area (Å²) < 4.78 is 11.8. The van der Waals surface area contributed by atoms with E-state index in [1.165, 1.54) is 0 Å². The van der Waals surface area contributed by atoms with Gasteiger partial charge in [0.05, 0.1) is 13.2 Å². The average molecular weight is 236 g/mol. The van der Waals surface area contributed by atoms with Crippen LogP contribution in [0.5, 0.6) is 0 Å². The molecule has 2 bridgehead atoms. The van der Waals surface area contributed by atoms with Crippen molar-refractivity contribution in [1.29, 1.82) is 0 Å². The fourth-order valence-electron chi connectivity index (χ4n) is 4.06. The monoisotopic (exact) mass is 236 g/mol. The molecular weight excluding hydrogens is 216 g/mol. The summed E-state index contributed by atoms with van der Waals surface area (Å²) in [5.41, 5.74) is 0.510. The van der Waals surface area contributed by atoms with E-state index < -0.39 is 11.2 Å². The van der Waals surface area contributed by atoms with Gasteiger partial charge in [0, 0.05) is 17.8 Å². The molecule has 3 aliphatic carbocycles. The second-order valence-corrected chi connectivity index (χ2v) is 6.18. The van der Waals surface area contributed by atoms with E-state index >= 15 is 0 Å². The van der Waals surface area contributed by atoms with Crippen molar-refractivity contribution in [2.45, 2.75) is 38.9 Å². The first-order valence-corrected chi connectivity index (χ1v) is 6.41. The van der Waals surface area contributed by atoms with Gasteiger partial charge in [-0.2, -0.15) is 0 Å². The Kier molecular flexibility index (Phi) is 2.15. The van der Waals surface area contributed by atoms with Gasteiger partial charge in [-0.1, -0.05) is 19.1 Å². The minimum Gasteiger partial charge on any atom is -0.347 e. The van der Waals surface area contributed by atoms with Gasteiger partial charge in [-0.15, -0.1) is 0 Å². The van der Waals surface area contributed by atoms with Crippen LogP contribution in [-0.2, 0) is 14.3 Å². The Morgan fingerprint density at radius 1 is 1.35 bits per heavy atom. The third kappa shape index (κ3) is 1.17. The number of fused-ring (bicyclic) bond motifs is 2. The molecule has 0 radical (unpaired) electrons. The second-order valence-electron chi connectivity index (χ2n) is 6.18. The molecule has 3 atom stereocenters. The molecule has 0 aromatic heterocycles. The molecule has 94 valence electrons. The molecule has 3 nitrogen and oxygen atoms in total. The zero-order chi connectivity index (χ0) is 12.3. The second kappa shape index (κ2) is 3.21. The summed E-state index contributed by atoms with van der Waals surface area (Å²) in [5, 5.41) is 0. The van der Waals surface area contributed by atoms with Gasteiger partial charge in [-0.25, -0.2) is 0 Å². The molecule has 1 aliphatic heterocycles. The lowest BCUT2D eigenvalue weighted by Gasteiger charge is -2.61. The summed E-state index contributed by atoms with van der Waals surface area (Å²) in [4.78, 5) is 11.5. The maximum absolute atomic E-state index is 11.5. The van der Waals surface area contributed by atoms with Crippen molar-refractivity contribution in [3.05, 3.63) is 12.2 Å². The first-order chi connectivity index (χ1) is 7.97. The van der Waals surface area contributed by atoms with E-state index in [1.807, 2.05) is 6.92 Å². The van der Waals surface area contributed by atoms with Crippen LogP contribution in [-0.4, -0.2) is 25.3 Å². The Bertz CT molecular complexity index is 383. The molecule has 17 heavy (non-hydrogen) atoms. The first kappa shape index (κ1) is 11.4. The maximum atomic E-state index is 11.5. The van der Waals surface area contributed by atoms with Crippen molar-refractivity contribution < 1.29 is 14.3 Å². The Hall–Kier alpha value is -0.670. The fourth-order valence-corrected chi connectivity index (χ4v) is 4.06. The van der Waals surface area contributed by atoms with E-state index in [4.69, 9.17) is 9.47 Å². The van der Waals surface area contributed by atoms with Crippen molar-refractivity contribution in [3.63, 3.8) is 0 Å². The van der Waals surface area contributed by atoms with E-state index in [2.05, 4.69) is 13.5 Å². The number of hydrogen-bond donors (Lipinski definition) is 0. The summed E-state index contributed by atoms with van der Waals surface area (Å²) in [5.74, 6) is -0.297. The van der Waals surface area contributed by atoms with E-state index in [1.54, 1.807) is 0 Å². The smallest absolute Gasteiger partial charge is 0.175 e. The molecule has 1 spiro atoms. The summed E-state index contributed by atoms with van der Waals surface area (Å²) in [6.07, 6.45) is 3.99. The molecule has 0 aromatic rings. The molecule has 1 saturated heterocycles. The number of ether oxygens (including phenoxy) is 2. The molecule has 1 heterocycles.